The molecule has 0 aliphatic carbocycles. The summed E-state index contributed by atoms with van der Waals surface area (Å²) in [5.74, 6) is 0. The summed E-state index contributed by atoms with van der Waals surface area (Å²) in [6.07, 6.45) is 1.49. The molecule has 1 fully saturated rings. The van der Waals surface area contributed by atoms with Crippen molar-refractivity contribution in [2.45, 2.75) is 52.2 Å². The Morgan fingerprint density at radius 3 is 2.76 bits per heavy atom. The molecule has 0 radical (unpaired) electrons. The molecule has 1 amide bonds. The standard InChI is InChI=1S/C19H22BrClN2O2/c1-11-8-15-12(10-14(11)20)9-13(17(21)22-15)16-6-5-7-23(16)18(24)25-19(2,3)4/h8-10,16H,5-7H2,1-4H3. The Labute approximate surface area is 161 Å². The number of rotatable bonds is 1. The monoisotopic (exact) mass is 424 g/mol. The number of hydrogen-bond acceptors (Lipinski definition) is 3. The highest BCUT2D eigenvalue weighted by molar-refractivity contribution is 9.10. The summed E-state index contributed by atoms with van der Waals surface area (Å²) in [5.41, 5.74) is 2.34. The van der Waals surface area contributed by atoms with Crippen molar-refractivity contribution in [1.82, 2.24) is 9.88 Å². The summed E-state index contributed by atoms with van der Waals surface area (Å²) in [5, 5.41) is 1.46. The zero-order valence-corrected chi connectivity index (χ0v) is 17.2. The Morgan fingerprint density at radius 1 is 1.36 bits per heavy atom. The van der Waals surface area contributed by atoms with Crippen molar-refractivity contribution in [1.29, 1.82) is 0 Å². The lowest BCUT2D eigenvalue weighted by molar-refractivity contribution is 0.0224. The van der Waals surface area contributed by atoms with Crippen LogP contribution in [-0.2, 0) is 4.74 Å². The summed E-state index contributed by atoms with van der Waals surface area (Å²) in [7, 11) is 0. The number of fused-ring (bicyclic) bond motifs is 1. The lowest BCUT2D eigenvalue weighted by Gasteiger charge is -2.29. The number of ether oxygens (including phenoxy) is 1. The van der Waals surface area contributed by atoms with E-state index in [2.05, 4.69) is 20.9 Å². The summed E-state index contributed by atoms with van der Waals surface area (Å²) >= 11 is 10.0. The maximum atomic E-state index is 12.6. The second-order valence-corrected chi connectivity index (χ2v) is 8.71. The Kier molecular flexibility index (Phi) is 5.00. The Hall–Kier alpha value is -1.33. The summed E-state index contributed by atoms with van der Waals surface area (Å²) in [4.78, 5) is 18.9. The van der Waals surface area contributed by atoms with E-state index in [9.17, 15) is 4.79 Å². The molecule has 134 valence electrons. The van der Waals surface area contributed by atoms with Gasteiger partial charge in [0.25, 0.3) is 0 Å². The van der Waals surface area contributed by atoms with Gasteiger partial charge in [0.2, 0.25) is 0 Å². The lowest BCUT2D eigenvalue weighted by Crippen LogP contribution is -2.36. The van der Waals surface area contributed by atoms with Crippen molar-refractivity contribution in [2.75, 3.05) is 6.54 Å². The van der Waals surface area contributed by atoms with Gasteiger partial charge in [-0.2, -0.15) is 0 Å². The third-order valence-electron chi connectivity index (χ3n) is 4.32. The number of carbonyl (C=O) groups is 1. The number of pyridine rings is 1. The molecule has 0 bridgehead atoms. The van der Waals surface area contributed by atoms with E-state index in [1.807, 2.05) is 45.9 Å². The molecule has 3 rings (SSSR count). The first-order valence-corrected chi connectivity index (χ1v) is 9.59. The Bertz CT molecular complexity index is 832. The quantitative estimate of drug-likeness (QED) is 0.524. The number of hydrogen-bond donors (Lipinski definition) is 0. The number of aryl methyl sites for hydroxylation is 1. The molecule has 4 nitrogen and oxygen atoms in total. The highest BCUT2D eigenvalue weighted by atomic mass is 79.9. The molecule has 1 atom stereocenters. The lowest BCUT2D eigenvalue weighted by atomic mass is 10.0. The van der Waals surface area contributed by atoms with Crippen molar-refractivity contribution in [3.05, 3.63) is 39.0 Å². The number of carbonyl (C=O) groups excluding carboxylic acids is 1. The number of likely N-dealkylation sites (tertiary alicyclic amines) is 1. The highest BCUT2D eigenvalue weighted by Crippen LogP contribution is 2.38. The molecule has 6 heteroatoms. The number of halogens is 2. The van der Waals surface area contributed by atoms with Gasteiger partial charge in [-0.3, -0.25) is 0 Å². The maximum absolute atomic E-state index is 12.6. The second kappa shape index (κ2) is 6.76. The van der Waals surface area contributed by atoms with Gasteiger partial charge in [-0.1, -0.05) is 27.5 Å². The average Bonchev–Trinajstić information content (AvgIpc) is 2.96. The van der Waals surface area contributed by atoms with Crippen LogP contribution in [0.4, 0.5) is 4.79 Å². The highest BCUT2D eigenvalue weighted by Gasteiger charge is 2.34. The van der Waals surface area contributed by atoms with Gasteiger partial charge < -0.3 is 9.64 Å². The molecule has 1 aromatic heterocycles. The van der Waals surface area contributed by atoms with E-state index in [0.717, 1.165) is 39.3 Å². The van der Waals surface area contributed by atoms with Crippen molar-refractivity contribution >= 4 is 44.5 Å². The van der Waals surface area contributed by atoms with Crippen molar-refractivity contribution in [3.63, 3.8) is 0 Å². The molecule has 1 aliphatic heterocycles. The number of nitrogens with zero attached hydrogens (tertiary/aromatic N) is 2. The molecule has 25 heavy (non-hydrogen) atoms. The Morgan fingerprint density at radius 2 is 2.08 bits per heavy atom. The third-order valence-corrected chi connectivity index (χ3v) is 5.47. The van der Waals surface area contributed by atoms with Crippen molar-refractivity contribution in [3.8, 4) is 0 Å². The van der Waals surface area contributed by atoms with Gasteiger partial charge in [0.05, 0.1) is 11.6 Å². The van der Waals surface area contributed by atoms with Crippen LogP contribution in [0.2, 0.25) is 5.15 Å². The van der Waals surface area contributed by atoms with E-state index < -0.39 is 5.60 Å². The molecule has 1 aromatic carbocycles. The number of amides is 1. The van der Waals surface area contributed by atoms with E-state index in [1.54, 1.807) is 4.90 Å². The van der Waals surface area contributed by atoms with Gasteiger partial charge >= 0.3 is 6.09 Å². The van der Waals surface area contributed by atoms with Gasteiger partial charge in [0, 0.05) is 22.0 Å². The average molecular weight is 426 g/mol. The van der Waals surface area contributed by atoms with Crippen LogP contribution in [0.1, 0.15) is 50.8 Å². The smallest absolute Gasteiger partial charge is 0.410 e. The molecule has 0 saturated carbocycles. The number of aromatic nitrogens is 1. The van der Waals surface area contributed by atoms with E-state index in [1.165, 1.54) is 0 Å². The van der Waals surface area contributed by atoms with Crippen LogP contribution in [0.15, 0.2) is 22.7 Å². The van der Waals surface area contributed by atoms with E-state index >= 15 is 0 Å². The SMILES string of the molecule is Cc1cc2nc(Cl)c(C3CCCN3C(=O)OC(C)(C)C)cc2cc1Br. The third kappa shape index (κ3) is 3.93. The zero-order chi connectivity index (χ0) is 18.4. The first-order valence-electron chi connectivity index (χ1n) is 8.41. The van der Waals surface area contributed by atoms with Crippen LogP contribution >= 0.6 is 27.5 Å². The first kappa shape index (κ1) is 18.5. The minimum atomic E-state index is -0.516. The van der Waals surface area contributed by atoms with Gasteiger partial charge in [0.15, 0.2) is 0 Å². The van der Waals surface area contributed by atoms with Crippen molar-refractivity contribution < 1.29 is 9.53 Å². The molecular weight excluding hydrogens is 404 g/mol. The van der Waals surface area contributed by atoms with Crippen LogP contribution in [-0.4, -0.2) is 28.1 Å². The summed E-state index contributed by atoms with van der Waals surface area (Å²) in [6, 6.07) is 6.00. The predicted octanol–water partition coefficient (Wildman–Crippen LogP) is 6.03. The second-order valence-electron chi connectivity index (χ2n) is 7.49. The Balaban J connectivity index is 1.98. The normalized spacial score (nSPS) is 18.0. The summed E-state index contributed by atoms with van der Waals surface area (Å²) in [6.45, 7) is 8.32. The van der Waals surface area contributed by atoms with Crippen LogP contribution < -0.4 is 0 Å². The summed E-state index contributed by atoms with van der Waals surface area (Å²) < 4.78 is 6.58. The topological polar surface area (TPSA) is 42.4 Å². The van der Waals surface area contributed by atoms with Crippen molar-refractivity contribution in [2.24, 2.45) is 0 Å². The van der Waals surface area contributed by atoms with E-state index in [-0.39, 0.29) is 12.1 Å². The number of benzene rings is 1. The van der Waals surface area contributed by atoms with Gasteiger partial charge in [-0.05, 0) is 64.3 Å². The van der Waals surface area contributed by atoms with Crippen LogP contribution in [0.25, 0.3) is 10.9 Å². The molecule has 0 spiro atoms. The molecule has 1 aliphatic rings. The van der Waals surface area contributed by atoms with Crippen LogP contribution in [0.3, 0.4) is 0 Å². The molecule has 2 aromatic rings. The minimum absolute atomic E-state index is 0.0978. The molecule has 1 saturated heterocycles. The molecule has 0 N–H and O–H groups in total. The predicted molar refractivity (Wildman–Crippen MR) is 104 cm³/mol. The fourth-order valence-corrected chi connectivity index (χ4v) is 3.79. The molecule has 1 unspecified atom stereocenters. The minimum Gasteiger partial charge on any atom is -0.444 e. The fourth-order valence-electron chi connectivity index (χ4n) is 3.15. The van der Waals surface area contributed by atoms with Crippen LogP contribution in [0, 0.1) is 6.92 Å². The maximum Gasteiger partial charge on any atom is 0.410 e. The molecular formula is C19H22BrClN2O2. The largest absolute Gasteiger partial charge is 0.444 e. The van der Waals surface area contributed by atoms with Gasteiger partial charge in [-0.25, -0.2) is 9.78 Å². The van der Waals surface area contributed by atoms with Gasteiger partial charge in [-0.15, -0.1) is 0 Å². The van der Waals surface area contributed by atoms with E-state index in [4.69, 9.17) is 16.3 Å². The van der Waals surface area contributed by atoms with Gasteiger partial charge in [0.1, 0.15) is 10.8 Å². The zero-order valence-electron chi connectivity index (χ0n) is 14.9. The van der Waals surface area contributed by atoms with E-state index in [0.29, 0.717) is 11.7 Å². The molecule has 2 heterocycles. The van der Waals surface area contributed by atoms with Crippen LogP contribution in [0.5, 0.6) is 0 Å². The first-order chi connectivity index (χ1) is 11.7. The fraction of sp³-hybridized carbons (Fsp3) is 0.474.